The van der Waals surface area contributed by atoms with Gasteiger partial charge in [0.2, 0.25) is 0 Å². The number of esters is 1. The predicted molar refractivity (Wildman–Crippen MR) is 72.8 cm³/mol. The molecule has 0 aromatic carbocycles. The summed E-state index contributed by atoms with van der Waals surface area (Å²) < 4.78 is 10.2. The van der Waals surface area contributed by atoms with E-state index in [-0.39, 0.29) is 11.5 Å². The number of carbonyl (C=O) groups excluding carboxylic acids is 1. The monoisotopic (exact) mass is 285 g/mol. The van der Waals surface area contributed by atoms with Crippen molar-refractivity contribution in [3.63, 3.8) is 0 Å². The van der Waals surface area contributed by atoms with Gasteiger partial charge in [0.15, 0.2) is 5.13 Å². The first-order valence-electron chi connectivity index (χ1n) is 6.23. The topological polar surface area (TPSA) is 86.5 Å². The Labute approximate surface area is 116 Å². The fraction of sp³-hybridized carbons (Fsp3) is 0.667. The largest absolute Gasteiger partial charge is 0.469 e. The maximum Gasteiger partial charge on any atom is 0.307 e. The van der Waals surface area contributed by atoms with Crippen molar-refractivity contribution in [3.8, 4) is 0 Å². The van der Waals surface area contributed by atoms with E-state index in [0.717, 1.165) is 17.7 Å². The first-order valence-corrected chi connectivity index (χ1v) is 7.05. The van der Waals surface area contributed by atoms with E-state index >= 15 is 0 Å². The zero-order valence-electron chi connectivity index (χ0n) is 11.0. The van der Waals surface area contributed by atoms with Crippen LogP contribution in [0.15, 0.2) is 6.20 Å². The summed E-state index contributed by atoms with van der Waals surface area (Å²) in [4.78, 5) is 16.7. The van der Waals surface area contributed by atoms with Crippen molar-refractivity contribution in [2.45, 2.75) is 31.3 Å². The predicted octanol–water partition coefficient (Wildman–Crippen LogP) is 0.927. The average molecular weight is 285 g/mol. The molecule has 1 aromatic heterocycles. The highest BCUT2D eigenvalue weighted by atomic mass is 32.1. The fourth-order valence-electron chi connectivity index (χ4n) is 2.21. The molecule has 1 aliphatic heterocycles. The molecular weight excluding hydrogens is 266 g/mol. The number of methoxy groups -OCH3 is 1. The molecular formula is C12H19N3O3S. The van der Waals surface area contributed by atoms with Gasteiger partial charge in [-0.15, -0.1) is 11.3 Å². The van der Waals surface area contributed by atoms with Crippen molar-refractivity contribution in [3.05, 3.63) is 11.1 Å². The summed E-state index contributed by atoms with van der Waals surface area (Å²) >= 11 is 1.46. The van der Waals surface area contributed by atoms with Crippen LogP contribution in [0.1, 0.15) is 24.1 Å². The molecule has 0 bridgehead atoms. The smallest absolute Gasteiger partial charge is 0.307 e. The lowest BCUT2D eigenvalue weighted by molar-refractivity contribution is -0.143. The van der Waals surface area contributed by atoms with Crippen LogP contribution in [-0.2, 0) is 20.8 Å². The van der Waals surface area contributed by atoms with Crippen LogP contribution >= 0.6 is 11.3 Å². The molecule has 7 heteroatoms. The van der Waals surface area contributed by atoms with E-state index in [4.69, 9.17) is 15.2 Å². The molecule has 3 N–H and O–H groups in total. The molecule has 0 unspecified atom stereocenters. The van der Waals surface area contributed by atoms with Crippen molar-refractivity contribution in [1.29, 1.82) is 0 Å². The second-order valence-corrected chi connectivity index (χ2v) is 5.81. The molecule has 0 saturated carbocycles. The quantitative estimate of drug-likeness (QED) is 0.783. The Bertz CT molecular complexity index is 430. The Morgan fingerprint density at radius 2 is 2.37 bits per heavy atom. The van der Waals surface area contributed by atoms with Gasteiger partial charge in [0.25, 0.3) is 0 Å². The molecule has 106 valence electrons. The second-order valence-electron chi connectivity index (χ2n) is 4.66. The van der Waals surface area contributed by atoms with Crippen molar-refractivity contribution in [2.75, 3.05) is 26.1 Å². The minimum absolute atomic E-state index is 0.196. The summed E-state index contributed by atoms with van der Waals surface area (Å²) in [7, 11) is 1.42. The van der Waals surface area contributed by atoms with Crippen LogP contribution in [0.2, 0.25) is 0 Å². The summed E-state index contributed by atoms with van der Waals surface area (Å²) in [5.41, 5.74) is 5.36. The standard InChI is InChI=1S/C12H19N3O3S/c1-17-10(16)6-12(2-4-18-5-3-12)15-8-9-7-14-11(13)19-9/h7,15H,2-6,8H2,1H3,(H2,13,14). The number of ether oxygens (including phenoxy) is 2. The van der Waals surface area contributed by atoms with Crippen molar-refractivity contribution >= 4 is 22.4 Å². The molecule has 1 fully saturated rings. The first kappa shape index (κ1) is 14.2. The summed E-state index contributed by atoms with van der Waals surface area (Å²) in [5, 5.41) is 4.02. The summed E-state index contributed by atoms with van der Waals surface area (Å²) in [6, 6.07) is 0. The third kappa shape index (κ3) is 3.89. The second kappa shape index (κ2) is 6.31. The lowest BCUT2D eigenvalue weighted by atomic mass is 9.86. The van der Waals surface area contributed by atoms with Crippen molar-refractivity contribution in [2.24, 2.45) is 0 Å². The van der Waals surface area contributed by atoms with E-state index in [9.17, 15) is 4.79 Å². The Hall–Kier alpha value is -1.18. The molecule has 6 nitrogen and oxygen atoms in total. The number of hydrogen-bond donors (Lipinski definition) is 2. The zero-order chi connectivity index (χ0) is 13.7. The molecule has 0 spiro atoms. The molecule has 2 heterocycles. The third-order valence-electron chi connectivity index (χ3n) is 3.37. The molecule has 0 atom stereocenters. The maximum absolute atomic E-state index is 11.6. The van der Waals surface area contributed by atoms with Gasteiger partial charge in [0, 0.05) is 36.4 Å². The van der Waals surface area contributed by atoms with E-state index in [2.05, 4.69) is 10.3 Å². The maximum atomic E-state index is 11.6. The van der Waals surface area contributed by atoms with E-state index < -0.39 is 0 Å². The fourth-order valence-corrected chi connectivity index (χ4v) is 2.83. The molecule has 1 saturated heterocycles. The summed E-state index contributed by atoms with van der Waals surface area (Å²) in [5.74, 6) is -0.196. The van der Waals surface area contributed by atoms with Gasteiger partial charge in [0.1, 0.15) is 0 Å². The molecule has 0 amide bonds. The first-order chi connectivity index (χ1) is 9.13. The van der Waals surface area contributed by atoms with Crippen LogP contribution in [0.4, 0.5) is 5.13 Å². The van der Waals surface area contributed by atoms with Crippen LogP contribution in [0.3, 0.4) is 0 Å². The Morgan fingerprint density at radius 1 is 1.63 bits per heavy atom. The van der Waals surface area contributed by atoms with Gasteiger partial charge in [0.05, 0.1) is 13.5 Å². The average Bonchev–Trinajstić information content (AvgIpc) is 2.83. The molecule has 0 radical (unpaired) electrons. The van der Waals surface area contributed by atoms with E-state index in [1.165, 1.54) is 18.4 Å². The van der Waals surface area contributed by atoms with Gasteiger partial charge in [-0.25, -0.2) is 4.98 Å². The molecule has 1 aliphatic rings. The molecule has 1 aromatic rings. The number of nitrogens with one attached hydrogen (secondary N) is 1. The van der Waals surface area contributed by atoms with Crippen molar-refractivity contribution < 1.29 is 14.3 Å². The molecule has 2 rings (SSSR count). The number of hydrogen-bond acceptors (Lipinski definition) is 7. The van der Waals surface area contributed by atoms with Crippen LogP contribution < -0.4 is 11.1 Å². The summed E-state index contributed by atoms with van der Waals surface area (Å²) in [6.45, 7) is 1.98. The Morgan fingerprint density at radius 3 is 2.95 bits per heavy atom. The Kier molecular flexibility index (Phi) is 4.73. The number of carbonyl (C=O) groups is 1. The van der Waals surface area contributed by atoms with Gasteiger partial charge in [-0.3, -0.25) is 4.79 Å². The number of aromatic nitrogens is 1. The van der Waals surface area contributed by atoms with Crippen LogP contribution in [0.25, 0.3) is 0 Å². The number of anilines is 1. The third-order valence-corrected chi connectivity index (χ3v) is 4.20. The van der Waals surface area contributed by atoms with Crippen molar-refractivity contribution in [1.82, 2.24) is 10.3 Å². The van der Waals surface area contributed by atoms with E-state index in [1.807, 2.05) is 0 Å². The van der Waals surface area contributed by atoms with E-state index in [1.54, 1.807) is 6.20 Å². The number of nitrogens with two attached hydrogens (primary N) is 1. The highest BCUT2D eigenvalue weighted by molar-refractivity contribution is 7.15. The van der Waals surface area contributed by atoms with Gasteiger partial charge in [-0.2, -0.15) is 0 Å². The zero-order valence-corrected chi connectivity index (χ0v) is 11.8. The number of thiazole rings is 1. The number of nitrogen functional groups attached to an aromatic ring is 1. The molecule has 19 heavy (non-hydrogen) atoms. The van der Waals surface area contributed by atoms with Gasteiger partial charge in [-0.1, -0.05) is 0 Å². The van der Waals surface area contributed by atoms with Gasteiger partial charge in [-0.05, 0) is 12.8 Å². The minimum Gasteiger partial charge on any atom is -0.469 e. The van der Waals surface area contributed by atoms with Crippen LogP contribution in [-0.4, -0.2) is 36.8 Å². The SMILES string of the molecule is COC(=O)CC1(NCc2cnc(N)s2)CCOCC1. The lowest BCUT2D eigenvalue weighted by Gasteiger charge is -2.37. The Balaban J connectivity index is 1.98. The summed E-state index contributed by atoms with van der Waals surface area (Å²) in [6.07, 6.45) is 3.73. The van der Waals surface area contributed by atoms with E-state index in [0.29, 0.717) is 31.3 Å². The van der Waals surface area contributed by atoms with Crippen LogP contribution in [0.5, 0.6) is 0 Å². The highest BCUT2D eigenvalue weighted by Gasteiger charge is 2.34. The minimum atomic E-state index is -0.246. The number of nitrogens with zero attached hydrogens (tertiary/aromatic N) is 1. The van der Waals surface area contributed by atoms with Crippen LogP contribution in [0, 0.1) is 0 Å². The lowest BCUT2D eigenvalue weighted by Crippen LogP contribution is -2.50. The number of rotatable bonds is 5. The van der Waals surface area contributed by atoms with Gasteiger partial charge < -0.3 is 20.5 Å². The normalized spacial score (nSPS) is 18.2. The highest BCUT2D eigenvalue weighted by Crippen LogP contribution is 2.26. The van der Waals surface area contributed by atoms with Gasteiger partial charge >= 0.3 is 5.97 Å². The molecule has 0 aliphatic carbocycles.